The maximum atomic E-state index is 13.0. The van der Waals surface area contributed by atoms with Crippen LogP contribution in [0.3, 0.4) is 0 Å². The van der Waals surface area contributed by atoms with Gasteiger partial charge >= 0.3 is 0 Å². The fourth-order valence-electron chi connectivity index (χ4n) is 2.01. The zero-order valence-electron chi connectivity index (χ0n) is 13.6. The second-order valence-corrected chi connectivity index (χ2v) is 6.10. The number of ether oxygens (including phenoxy) is 1. The van der Waals surface area contributed by atoms with E-state index in [-0.39, 0.29) is 18.4 Å². The lowest BCUT2D eigenvalue weighted by Crippen LogP contribution is -2.24. The Bertz CT molecular complexity index is 768. The molecule has 2 aromatic rings. The maximum Gasteiger partial charge on any atom is 0.262 e. The van der Waals surface area contributed by atoms with Gasteiger partial charge in [-0.3, -0.25) is 9.59 Å². The molecule has 0 atom stereocenters. The van der Waals surface area contributed by atoms with Crippen molar-refractivity contribution in [2.24, 2.45) is 0 Å². The molecule has 0 bridgehead atoms. The van der Waals surface area contributed by atoms with Gasteiger partial charge in [-0.2, -0.15) is 0 Å². The summed E-state index contributed by atoms with van der Waals surface area (Å²) in [5.74, 6) is -0.613. The molecule has 0 aromatic heterocycles. The van der Waals surface area contributed by atoms with Crippen LogP contribution in [-0.2, 0) is 4.79 Å². The Kier molecular flexibility index (Phi) is 6.94. The summed E-state index contributed by atoms with van der Waals surface area (Å²) >= 11 is 3.17. The molecule has 0 fully saturated rings. The van der Waals surface area contributed by atoms with Crippen molar-refractivity contribution in [1.29, 1.82) is 0 Å². The summed E-state index contributed by atoms with van der Waals surface area (Å²) in [5.41, 5.74) is 0.962. The number of carbonyl (C=O) groups is 2. The molecule has 25 heavy (non-hydrogen) atoms. The summed E-state index contributed by atoms with van der Waals surface area (Å²) in [4.78, 5) is 23.9. The third-order valence-corrected chi connectivity index (χ3v) is 3.82. The van der Waals surface area contributed by atoms with Crippen molar-refractivity contribution >= 4 is 33.4 Å². The second kappa shape index (κ2) is 9.17. The summed E-state index contributed by atoms with van der Waals surface area (Å²) in [6.07, 6.45) is 0.846. The van der Waals surface area contributed by atoms with Crippen LogP contribution < -0.4 is 15.4 Å². The van der Waals surface area contributed by atoms with Crippen molar-refractivity contribution in [2.45, 2.75) is 13.3 Å². The van der Waals surface area contributed by atoms with E-state index in [0.29, 0.717) is 28.0 Å². The number of carbonyl (C=O) groups excluding carboxylic acids is 2. The summed E-state index contributed by atoms with van der Waals surface area (Å²) in [6, 6.07) is 10.6. The van der Waals surface area contributed by atoms with E-state index in [2.05, 4.69) is 26.6 Å². The Morgan fingerprint density at radius 2 is 2.00 bits per heavy atom. The molecule has 0 saturated heterocycles. The summed E-state index contributed by atoms with van der Waals surface area (Å²) < 4.78 is 18.8. The predicted octanol–water partition coefficient (Wildman–Crippen LogP) is 3.75. The van der Waals surface area contributed by atoms with E-state index in [1.54, 1.807) is 24.3 Å². The summed E-state index contributed by atoms with van der Waals surface area (Å²) in [7, 11) is 0. The molecule has 0 spiro atoms. The Balaban J connectivity index is 1.93. The highest BCUT2D eigenvalue weighted by atomic mass is 79.9. The van der Waals surface area contributed by atoms with E-state index >= 15 is 0 Å². The van der Waals surface area contributed by atoms with Crippen molar-refractivity contribution in [3.8, 4) is 5.75 Å². The zero-order valence-corrected chi connectivity index (χ0v) is 15.2. The maximum absolute atomic E-state index is 13.0. The smallest absolute Gasteiger partial charge is 0.262 e. The molecule has 2 N–H and O–H groups in total. The van der Waals surface area contributed by atoms with Crippen LogP contribution in [0, 0.1) is 5.82 Å². The van der Waals surface area contributed by atoms with Crippen LogP contribution in [0.25, 0.3) is 0 Å². The Morgan fingerprint density at radius 1 is 1.20 bits per heavy atom. The average Bonchev–Trinajstić information content (AvgIpc) is 2.59. The van der Waals surface area contributed by atoms with Gasteiger partial charge in [0.25, 0.3) is 11.8 Å². The lowest BCUT2D eigenvalue weighted by atomic mass is 10.2. The minimum atomic E-state index is -0.401. The van der Waals surface area contributed by atoms with E-state index in [0.717, 1.165) is 6.42 Å². The van der Waals surface area contributed by atoms with Gasteiger partial charge in [-0.05, 0) is 58.7 Å². The highest BCUT2D eigenvalue weighted by Gasteiger charge is 2.09. The molecule has 7 heteroatoms. The molecule has 0 aliphatic rings. The quantitative estimate of drug-likeness (QED) is 0.732. The number of rotatable bonds is 7. The molecular formula is C18H18BrFN2O3. The fourth-order valence-corrected chi connectivity index (χ4v) is 2.48. The Labute approximate surface area is 153 Å². The van der Waals surface area contributed by atoms with Crippen LogP contribution >= 0.6 is 15.9 Å². The van der Waals surface area contributed by atoms with E-state index in [9.17, 15) is 14.0 Å². The van der Waals surface area contributed by atoms with Gasteiger partial charge in [-0.15, -0.1) is 0 Å². The van der Waals surface area contributed by atoms with Crippen LogP contribution in [0.5, 0.6) is 5.75 Å². The van der Waals surface area contributed by atoms with Crippen LogP contribution in [0.2, 0.25) is 0 Å². The topological polar surface area (TPSA) is 67.4 Å². The van der Waals surface area contributed by atoms with Crippen LogP contribution in [-0.4, -0.2) is 25.0 Å². The van der Waals surface area contributed by atoms with Crippen molar-refractivity contribution < 1.29 is 18.7 Å². The summed E-state index contributed by atoms with van der Waals surface area (Å²) in [5, 5.41) is 5.44. The van der Waals surface area contributed by atoms with Gasteiger partial charge in [0.15, 0.2) is 6.61 Å². The van der Waals surface area contributed by atoms with Gasteiger partial charge in [0.2, 0.25) is 0 Å². The monoisotopic (exact) mass is 408 g/mol. The van der Waals surface area contributed by atoms with Crippen molar-refractivity contribution in [1.82, 2.24) is 5.32 Å². The molecule has 0 aliphatic heterocycles. The van der Waals surface area contributed by atoms with E-state index in [1.807, 2.05) is 6.92 Å². The predicted molar refractivity (Wildman–Crippen MR) is 97.3 cm³/mol. The third kappa shape index (κ3) is 5.86. The molecule has 2 aromatic carbocycles. The van der Waals surface area contributed by atoms with Gasteiger partial charge in [-0.25, -0.2) is 4.39 Å². The first-order valence-corrected chi connectivity index (χ1v) is 8.55. The minimum absolute atomic E-state index is 0.190. The number of hydrogen-bond acceptors (Lipinski definition) is 3. The van der Waals surface area contributed by atoms with E-state index in [4.69, 9.17) is 4.74 Å². The lowest BCUT2D eigenvalue weighted by Gasteiger charge is -2.10. The van der Waals surface area contributed by atoms with Gasteiger partial charge in [-0.1, -0.05) is 13.0 Å². The van der Waals surface area contributed by atoms with Gasteiger partial charge in [0.1, 0.15) is 11.6 Å². The first-order valence-electron chi connectivity index (χ1n) is 7.75. The summed E-state index contributed by atoms with van der Waals surface area (Å²) in [6.45, 7) is 2.32. The Morgan fingerprint density at radius 3 is 2.72 bits per heavy atom. The molecule has 0 heterocycles. The second-order valence-electron chi connectivity index (χ2n) is 5.25. The SMILES string of the molecule is CCCNC(=O)c1cccc(NC(=O)COc2ccc(F)cc2Br)c1. The van der Waals surface area contributed by atoms with Gasteiger partial charge in [0.05, 0.1) is 4.47 Å². The number of anilines is 1. The number of hydrogen-bond donors (Lipinski definition) is 2. The van der Waals surface area contributed by atoms with Crippen LogP contribution in [0.15, 0.2) is 46.9 Å². The Hall–Kier alpha value is -2.41. The molecule has 0 radical (unpaired) electrons. The average molecular weight is 409 g/mol. The van der Waals surface area contributed by atoms with E-state index in [1.165, 1.54) is 18.2 Å². The first kappa shape index (κ1) is 18.9. The van der Waals surface area contributed by atoms with Gasteiger partial charge in [0, 0.05) is 17.8 Å². The molecule has 0 unspecified atom stereocenters. The van der Waals surface area contributed by atoms with Crippen molar-refractivity contribution in [2.75, 3.05) is 18.5 Å². The lowest BCUT2D eigenvalue weighted by molar-refractivity contribution is -0.118. The molecule has 2 rings (SSSR count). The van der Waals surface area contributed by atoms with Crippen molar-refractivity contribution in [3.05, 3.63) is 58.3 Å². The molecule has 0 aliphatic carbocycles. The minimum Gasteiger partial charge on any atom is -0.483 e. The number of halogens is 2. The van der Waals surface area contributed by atoms with E-state index < -0.39 is 5.82 Å². The highest BCUT2D eigenvalue weighted by molar-refractivity contribution is 9.10. The van der Waals surface area contributed by atoms with Crippen LogP contribution in [0.4, 0.5) is 10.1 Å². The largest absolute Gasteiger partial charge is 0.483 e. The van der Waals surface area contributed by atoms with Gasteiger partial charge < -0.3 is 15.4 Å². The standard InChI is InChI=1S/C18H18BrFN2O3/c1-2-8-21-18(24)12-4-3-5-14(9-12)22-17(23)11-25-16-7-6-13(20)10-15(16)19/h3-7,9-10H,2,8,11H2,1H3,(H,21,24)(H,22,23). The molecule has 0 saturated carbocycles. The molecule has 5 nitrogen and oxygen atoms in total. The molecule has 2 amide bonds. The normalized spacial score (nSPS) is 10.2. The number of benzene rings is 2. The number of amides is 2. The number of nitrogens with one attached hydrogen (secondary N) is 2. The zero-order chi connectivity index (χ0) is 18.2. The highest BCUT2D eigenvalue weighted by Crippen LogP contribution is 2.25. The molecule has 132 valence electrons. The fraction of sp³-hybridized carbons (Fsp3) is 0.222. The first-order chi connectivity index (χ1) is 12.0. The third-order valence-electron chi connectivity index (χ3n) is 3.20. The molecular weight excluding hydrogens is 391 g/mol. The van der Waals surface area contributed by atoms with Crippen LogP contribution in [0.1, 0.15) is 23.7 Å². The van der Waals surface area contributed by atoms with Crippen molar-refractivity contribution in [3.63, 3.8) is 0 Å².